The van der Waals surface area contributed by atoms with E-state index < -0.39 is 5.82 Å². The van der Waals surface area contributed by atoms with Gasteiger partial charge in [0.25, 0.3) is 0 Å². The lowest BCUT2D eigenvalue weighted by Gasteiger charge is -2.06. The van der Waals surface area contributed by atoms with E-state index in [1.807, 2.05) is 24.3 Å². The highest BCUT2D eigenvalue weighted by Gasteiger charge is 2.17. The predicted molar refractivity (Wildman–Crippen MR) is 79.3 cm³/mol. The van der Waals surface area contributed by atoms with Crippen LogP contribution in [0.5, 0.6) is 0 Å². The van der Waals surface area contributed by atoms with Gasteiger partial charge in [0.15, 0.2) is 5.78 Å². The van der Waals surface area contributed by atoms with Crippen molar-refractivity contribution in [3.05, 3.63) is 76.3 Å². The molecule has 0 spiro atoms. The van der Waals surface area contributed by atoms with Crippen LogP contribution in [0, 0.1) is 5.82 Å². The first-order valence-electron chi connectivity index (χ1n) is 5.99. The zero-order valence-electron chi connectivity index (χ0n) is 10.3. The lowest BCUT2D eigenvalue weighted by Crippen LogP contribution is -2.05. The molecule has 1 aromatic heterocycles. The number of carbonyl (C=O) groups is 1. The van der Waals surface area contributed by atoms with Crippen LogP contribution >= 0.6 is 15.9 Å². The molecule has 3 aromatic rings. The fourth-order valence-electron chi connectivity index (χ4n) is 2.11. The molecule has 4 heteroatoms. The molecule has 0 saturated carbocycles. The lowest BCUT2D eigenvalue weighted by molar-refractivity contribution is 0.103. The molecule has 0 radical (unpaired) electrons. The second-order valence-electron chi connectivity index (χ2n) is 4.36. The van der Waals surface area contributed by atoms with E-state index in [2.05, 4.69) is 20.9 Å². The molecule has 0 N–H and O–H groups in total. The Balaban J connectivity index is 2.20. The Hall–Kier alpha value is -2.07. The van der Waals surface area contributed by atoms with E-state index in [0.717, 1.165) is 10.8 Å². The SMILES string of the molecule is O=C(c1cc(Br)ccc1F)c1cncc2ccccc12. The molecule has 0 aliphatic carbocycles. The highest BCUT2D eigenvalue weighted by Crippen LogP contribution is 2.23. The Morgan fingerprint density at radius 3 is 2.70 bits per heavy atom. The van der Waals surface area contributed by atoms with Gasteiger partial charge >= 0.3 is 0 Å². The maximum atomic E-state index is 13.8. The average molecular weight is 330 g/mol. The van der Waals surface area contributed by atoms with E-state index in [1.165, 1.54) is 18.3 Å². The molecule has 0 aliphatic heterocycles. The third-order valence-corrected chi connectivity index (χ3v) is 3.58. The van der Waals surface area contributed by atoms with E-state index >= 15 is 0 Å². The van der Waals surface area contributed by atoms with E-state index in [0.29, 0.717) is 10.0 Å². The lowest BCUT2D eigenvalue weighted by atomic mass is 9.99. The number of hydrogen-bond donors (Lipinski definition) is 0. The van der Waals surface area contributed by atoms with Crippen LogP contribution in [-0.4, -0.2) is 10.8 Å². The summed E-state index contributed by atoms with van der Waals surface area (Å²) in [7, 11) is 0. The minimum atomic E-state index is -0.536. The van der Waals surface area contributed by atoms with Gasteiger partial charge in [-0.1, -0.05) is 40.2 Å². The van der Waals surface area contributed by atoms with Gasteiger partial charge in [-0.2, -0.15) is 0 Å². The van der Waals surface area contributed by atoms with Crippen LogP contribution in [0.4, 0.5) is 4.39 Å². The summed E-state index contributed by atoms with van der Waals surface area (Å²) in [5.74, 6) is -0.903. The van der Waals surface area contributed by atoms with Gasteiger partial charge in [0.05, 0.1) is 5.56 Å². The average Bonchev–Trinajstić information content (AvgIpc) is 2.48. The van der Waals surface area contributed by atoms with Gasteiger partial charge in [0.1, 0.15) is 5.82 Å². The van der Waals surface area contributed by atoms with Crippen molar-refractivity contribution in [2.24, 2.45) is 0 Å². The number of halogens is 2. The molecule has 0 aliphatic rings. The van der Waals surface area contributed by atoms with Crippen LogP contribution in [0.25, 0.3) is 10.8 Å². The Morgan fingerprint density at radius 2 is 1.85 bits per heavy atom. The number of rotatable bonds is 2. The highest BCUT2D eigenvalue weighted by atomic mass is 79.9. The maximum absolute atomic E-state index is 13.8. The topological polar surface area (TPSA) is 30.0 Å². The number of aromatic nitrogens is 1. The van der Waals surface area contributed by atoms with E-state index in [4.69, 9.17) is 0 Å². The third-order valence-electron chi connectivity index (χ3n) is 3.09. The summed E-state index contributed by atoms with van der Waals surface area (Å²) < 4.78 is 14.5. The summed E-state index contributed by atoms with van der Waals surface area (Å²) >= 11 is 3.25. The van der Waals surface area contributed by atoms with Gasteiger partial charge < -0.3 is 0 Å². The van der Waals surface area contributed by atoms with Crippen molar-refractivity contribution in [3.8, 4) is 0 Å². The number of ketones is 1. The Bertz CT molecular complexity index is 811. The van der Waals surface area contributed by atoms with Crippen molar-refractivity contribution < 1.29 is 9.18 Å². The van der Waals surface area contributed by atoms with Gasteiger partial charge in [-0.05, 0) is 23.6 Å². The molecule has 20 heavy (non-hydrogen) atoms. The second kappa shape index (κ2) is 5.13. The highest BCUT2D eigenvalue weighted by molar-refractivity contribution is 9.10. The van der Waals surface area contributed by atoms with Crippen LogP contribution in [-0.2, 0) is 0 Å². The van der Waals surface area contributed by atoms with Gasteiger partial charge in [0.2, 0.25) is 0 Å². The summed E-state index contributed by atoms with van der Waals surface area (Å²) in [5.41, 5.74) is 0.442. The largest absolute Gasteiger partial charge is 0.288 e. The van der Waals surface area contributed by atoms with Crippen molar-refractivity contribution in [1.82, 2.24) is 4.98 Å². The third kappa shape index (κ3) is 2.23. The van der Waals surface area contributed by atoms with Crippen molar-refractivity contribution in [3.63, 3.8) is 0 Å². The van der Waals surface area contributed by atoms with Gasteiger partial charge in [-0.25, -0.2) is 4.39 Å². The minimum Gasteiger partial charge on any atom is -0.288 e. The van der Waals surface area contributed by atoms with Crippen molar-refractivity contribution >= 4 is 32.5 Å². The normalized spacial score (nSPS) is 10.7. The molecule has 0 bridgehead atoms. The minimum absolute atomic E-state index is 0.0394. The number of benzene rings is 2. The standard InChI is InChI=1S/C16H9BrFNO/c17-11-5-6-15(18)13(7-11)16(20)14-9-19-8-10-3-1-2-4-12(10)14/h1-9H. The fourth-order valence-corrected chi connectivity index (χ4v) is 2.48. The Labute approximate surface area is 123 Å². The molecular formula is C16H9BrFNO. The maximum Gasteiger partial charge on any atom is 0.198 e. The van der Waals surface area contributed by atoms with E-state index in [9.17, 15) is 9.18 Å². The molecule has 0 unspecified atom stereocenters. The van der Waals surface area contributed by atoms with E-state index in [1.54, 1.807) is 12.3 Å². The monoisotopic (exact) mass is 329 g/mol. The molecule has 2 nitrogen and oxygen atoms in total. The van der Waals surface area contributed by atoms with Gasteiger partial charge in [0, 0.05) is 27.8 Å². The van der Waals surface area contributed by atoms with Crippen molar-refractivity contribution in [2.45, 2.75) is 0 Å². The molecule has 0 saturated heterocycles. The fraction of sp³-hybridized carbons (Fsp3) is 0. The smallest absolute Gasteiger partial charge is 0.198 e. The first-order valence-corrected chi connectivity index (χ1v) is 6.78. The summed E-state index contributed by atoms with van der Waals surface area (Å²) in [6.45, 7) is 0. The first kappa shape index (κ1) is 12.9. The van der Waals surface area contributed by atoms with Crippen LogP contribution < -0.4 is 0 Å². The zero-order valence-corrected chi connectivity index (χ0v) is 11.9. The quantitative estimate of drug-likeness (QED) is 0.653. The first-order chi connectivity index (χ1) is 9.66. The molecule has 98 valence electrons. The summed E-state index contributed by atoms with van der Waals surface area (Å²) in [5, 5.41) is 1.63. The van der Waals surface area contributed by atoms with Crippen LogP contribution in [0.15, 0.2) is 59.3 Å². The number of fused-ring (bicyclic) bond motifs is 1. The Kier molecular flexibility index (Phi) is 3.32. The summed E-state index contributed by atoms with van der Waals surface area (Å²) in [4.78, 5) is 16.6. The molecule has 0 amide bonds. The van der Waals surface area contributed by atoms with Crippen LogP contribution in [0.2, 0.25) is 0 Å². The molecule has 0 fully saturated rings. The second-order valence-corrected chi connectivity index (χ2v) is 5.28. The molecule has 1 heterocycles. The van der Waals surface area contributed by atoms with Gasteiger partial charge in [-0.15, -0.1) is 0 Å². The molecule has 3 rings (SSSR count). The van der Waals surface area contributed by atoms with Crippen LogP contribution in [0.1, 0.15) is 15.9 Å². The zero-order chi connectivity index (χ0) is 14.1. The van der Waals surface area contributed by atoms with Crippen LogP contribution in [0.3, 0.4) is 0 Å². The van der Waals surface area contributed by atoms with Crippen molar-refractivity contribution in [1.29, 1.82) is 0 Å². The molecule has 2 aromatic carbocycles. The summed E-state index contributed by atoms with van der Waals surface area (Å²) in [6.07, 6.45) is 3.16. The predicted octanol–water partition coefficient (Wildman–Crippen LogP) is 4.37. The number of nitrogens with zero attached hydrogens (tertiary/aromatic N) is 1. The number of pyridine rings is 1. The van der Waals surface area contributed by atoms with Crippen molar-refractivity contribution in [2.75, 3.05) is 0 Å². The number of hydrogen-bond acceptors (Lipinski definition) is 2. The molecule has 0 atom stereocenters. The molecular weight excluding hydrogens is 321 g/mol. The number of carbonyl (C=O) groups excluding carboxylic acids is 1. The Morgan fingerprint density at radius 1 is 1.05 bits per heavy atom. The van der Waals surface area contributed by atoms with Gasteiger partial charge in [-0.3, -0.25) is 9.78 Å². The van der Waals surface area contributed by atoms with E-state index in [-0.39, 0.29) is 11.3 Å². The summed E-state index contributed by atoms with van der Waals surface area (Å²) in [6, 6.07) is 11.7.